The van der Waals surface area contributed by atoms with Crippen molar-refractivity contribution in [2.45, 2.75) is 58.1 Å². The molecule has 0 amide bonds. The van der Waals surface area contributed by atoms with Gasteiger partial charge in [-0.2, -0.15) is 0 Å². The van der Waals surface area contributed by atoms with E-state index in [1.807, 2.05) is 0 Å². The van der Waals surface area contributed by atoms with Crippen LogP contribution in [0.15, 0.2) is 0 Å². The van der Waals surface area contributed by atoms with Gasteiger partial charge in [0.25, 0.3) is 0 Å². The molecule has 26 heavy (non-hydrogen) atoms. The lowest BCUT2D eigenvalue weighted by Crippen LogP contribution is -2.69. The summed E-state index contributed by atoms with van der Waals surface area (Å²) < 4.78 is 25.0. The third-order valence-corrected chi connectivity index (χ3v) is 3.19. The summed E-state index contributed by atoms with van der Waals surface area (Å²) in [5, 5.41) is 10.4. The van der Waals surface area contributed by atoms with Gasteiger partial charge in [0.05, 0.1) is 0 Å². The van der Waals surface area contributed by atoms with Crippen LogP contribution in [-0.4, -0.2) is 66.0 Å². The highest BCUT2D eigenvalue weighted by Crippen LogP contribution is 2.34. The molecule has 0 aliphatic carbocycles. The molecule has 0 aromatic carbocycles. The quantitative estimate of drug-likeness (QED) is 0.232. The fourth-order valence-electron chi connectivity index (χ4n) is 2.34. The van der Waals surface area contributed by atoms with Crippen molar-refractivity contribution in [2.75, 3.05) is 6.61 Å². The van der Waals surface area contributed by atoms with Crippen LogP contribution in [0, 0.1) is 0 Å². The van der Waals surface area contributed by atoms with E-state index < -0.39 is 60.9 Å². The van der Waals surface area contributed by atoms with E-state index in [9.17, 15) is 24.3 Å². The van der Waals surface area contributed by atoms with E-state index in [0.29, 0.717) is 0 Å². The number of carbonyl (C=O) groups excluding carboxylic acids is 4. The number of esters is 4. The first-order chi connectivity index (χ1) is 12.0. The number of carbonyl (C=O) groups is 4. The second kappa shape index (κ2) is 8.89. The van der Waals surface area contributed by atoms with Crippen LogP contribution in [0.2, 0.25) is 0 Å². The summed E-state index contributed by atoms with van der Waals surface area (Å²) in [5.74, 6) is -0.976. The molecule has 0 bridgehead atoms. The minimum atomic E-state index is -2.77. The molecule has 3 N–H and O–H groups in total. The van der Waals surface area contributed by atoms with Crippen LogP contribution >= 0.6 is 0 Å². The van der Waals surface area contributed by atoms with Crippen molar-refractivity contribution in [3.63, 3.8) is 0 Å². The Morgan fingerprint density at radius 1 is 0.923 bits per heavy atom. The predicted molar refractivity (Wildman–Crippen MR) is 78.4 cm³/mol. The number of aliphatic hydroxyl groups is 1. The van der Waals surface area contributed by atoms with Crippen molar-refractivity contribution in [2.24, 2.45) is 5.90 Å². The highest BCUT2D eigenvalue weighted by molar-refractivity contribution is 5.68. The number of ether oxygens (including phenoxy) is 5. The minimum absolute atomic E-state index is 0.510. The Balaban J connectivity index is 3.32. The van der Waals surface area contributed by atoms with E-state index >= 15 is 0 Å². The zero-order chi connectivity index (χ0) is 20.1. The summed E-state index contributed by atoms with van der Waals surface area (Å²) in [5.41, 5.74) is 0. The summed E-state index contributed by atoms with van der Waals surface area (Å²) in [6.07, 6.45) is -6.13. The molecule has 5 atom stereocenters. The molecular formula is C14H21NO11. The van der Waals surface area contributed by atoms with E-state index in [-0.39, 0.29) is 0 Å². The molecule has 12 heteroatoms. The molecule has 0 unspecified atom stereocenters. The first-order valence-corrected chi connectivity index (χ1v) is 7.43. The van der Waals surface area contributed by atoms with Crippen molar-refractivity contribution in [1.29, 1.82) is 0 Å². The van der Waals surface area contributed by atoms with E-state index in [1.54, 1.807) is 0 Å². The molecule has 0 saturated carbocycles. The molecule has 12 nitrogen and oxygen atoms in total. The Bertz CT molecular complexity index is 565. The van der Waals surface area contributed by atoms with Crippen LogP contribution in [0.4, 0.5) is 0 Å². The van der Waals surface area contributed by atoms with E-state index in [1.165, 1.54) is 0 Å². The van der Waals surface area contributed by atoms with Crippen LogP contribution in [0.5, 0.6) is 0 Å². The molecule has 1 aliphatic heterocycles. The summed E-state index contributed by atoms with van der Waals surface area (Å²) >= 11 is 0. The second-order valence-corrected chi connectivity index (χ2v) is 5.39. The molecule has 0 aromatic heterocycles. The molecule has 1 saturated heterocycles. The molecule has 0 radical (unpaired) electrons. The van der Waals surface area contributed by atoms with Crippen LogP contribution in [-0.2, 0) is 47.7 Å². The molecule has 1 fully saturated rings. The first-order valence-electron chi connectivity index (χ1n) is 7.43. The SMILES string of the molecule is CC(=O)OC[C@H]1O[C@](O)(ON)[C@H](OC(C)=O)[C@@H](OC(C)=O)[C@H]1OC(C)=O. The van der Waals surface area contributed by atoms with E-state index in [0.717, 1.165) is 27.7 Å². The maximum atomic E-state index is 11.5. The van der Waals surface area contributed by atoms with Gasteiger partial charge in [-0.15, -0.1) is 0 Å². The summed E-state index contributed by atoms with van der Waals surface area (Å²) in [6, 6.07) is 0. The summed E-state index contributed by atoms with van der Waals surface area (Å²) in [4.78, 5) is 49.7. The van der Waals surface area contributed by atoms with Crippen molar-refractivity contribution >= 4 is 23.9 Å². The molecular weight excluding hydrogens is 358 g/mol. The van der Waals surface area contributed by atoms with Crippen molar-refractivity contribution in [3.05, 3.63) is 0 Å². The topological polar surface area (TPSA) is 170 Å². The number of nitrogens with two attached hydrogens (primary N) is 1. The number of hydrogen-bond acceptors (Lipinski definition) is 12. The average Bonchev–Trinajstić information content (AvgIpc) is 2.50. The number of rotatable bonds is 6. The fraction of sp³-hybridized carbons (Fsp3) is 0.714. The van der Waals surface area contributed by atoms with Crippen LogP contribution in [0.3, 0.4) is 0 Å². The lowest BCUT2D eigenvalue weighted by molar-refractivity contribution is -0.450. The average molecular weight is 379 g/mol. The van der Waals surface area contributed by atoms with E-state index in [4.69, 9.17) is 29.6 Å². The normalized spacial score (nSPS) is 30.8. The monoisotopic (exact) mass is 379 g/mol. The Labute approximate surface area is 148 Å². The summed E-state index contributed by atoms with van der Waals surface area (Å²) in [7, 11) is 0. The lowest BCUT2D eigenvalue weighted by Gasteiger charge is -2.46. The zero-order valence-corrected chi connectivity index (χ0v) is 14.6. The van der Waals surface area contributed by atoms with Gasteiger partial charge in [-0.05, 0) is 0 Å². The largest absolute Gasteiger partial charge is 0.463 e. The molecule has 148 valence electrons. The highest BCUT2D eigenvalue weighted by atomic mass is 16.9. The fourth-order valence-corrected chi connectivity index (χ4v) is 2.34. The predicted octanol–water partition coefficient (Wildman–Crippen LogP) is -1.72. The summed E-state index contributed by atoms with van der Waals surface area (Å²) in [6.45, 7) is 3.71. The Morgan fingerprint density at radius 3 is 1.85 bits per heavy atom. The van der Waals surface area contributed by atoms with Crippen molar-refractivity contribution < 1.29 is 52.8 Å². The Morgan fingerprint density at radius 2 is 1.42 bits per heavy atom. The van der Waals surface area contributed by atoms with Gasteiger partial charge in [0, 0.05) is 27.7 Å². The molecule has 0 aromatic rings. The van der Waals surface area contributed by atoms with Crippen molar-refractivity contribution in [1.82, 2.24) is 0 Å². The van der Waals surface area contributed by atoms with Gasteiger partial charge < -0.3 is 28.8 Å². The van der Waals surface area contributed by atoms with Crippen LogP contribution in [0.25, 0.3) is 0 Å². The second-order valence-electron chi connectivity index (χ2n) is 5.39. The standard InChI is InChI=1S/C14H21NO11/c1-6(16)21-5-10-11(22-7(2)17)12(23-8(3)18)13(24-9(4)19)14(20,25-10)26-15/h10-13,20H,5,15H2,1-4H3/t10-,11+,12+,13-,14+/m1/s1. The molecule has 1 heterocycles. The van der Waals surface area contributed by atoms with Gasteiger partial charge in [-0.25, -0.2) is 10.7 Å². The van der Waals surface area contributed by atoms with Gasteiger partial charge in [0.15, 0.2) is 12.2 Å². The third kappa shape index (κ3) is 5.62. The van der Waals surface area contributed by atoms with Gasteiger partial charge in [0.1, 0.15) is 12.7 Å². The zero-order valence-electron chi connectivity index (χ0n) is 14.6. The minimum Gasteiger partial charge on any atom is -0.463 e. The first kappa shape index (κ1) is 21.8. The third-order valence-electron chi connectivity index (χ3n) is 3.19. The van der Waals surface area contributed by atoms with Gasteiger partial charge in [-0.3, -0.25) is 19.2 Å². The van der Waals surface area contributed by atoms with Crippen molar-refractivity contribution in [3.8, 4) is 0 Å². The number of hydrogen-bond donors (Lipinski definition) is 2. The van der Waals surface area contributed by atoms with Gasteiger partial charge >= 0.3 is 29.9 Å². The van der Waals surface area contributed by atoms with Crippen LogP contribution in [0.1, 0.15) is 27.7 Å². The maximum Gasteiger partial charge on any atom is 0.340 e. The highest BCUT2D eigenvalue weighted by Gasteiger charge is 2.61. The van der Waals surface area contributed by atoms with Gasteiger partial charge in [-0.1, -0.05) is 0 Å². The molecule has 0 spiro atoms. The Kier molecular flexibility index (Phi) is 7.44. The lowest BCUT2D eigenvalue weighted by atomic mass is 9.96. The van der Waals surface area contributed by atoms with E-state index in [2.05, 4.69) is 4.84 Å². The molecule has 1 rings (SSSR count). The van der Waals surface area contributed by atoms with Crippen LogP contribution < -0.4 is 5.90 Å². The maximum absolute atomic E-state index is 11.5. The smallest absolute Gasteiger partial charge is 0.340 e. The Hall–Kier alpha value is -2.28. The van der Waals surface area contributed by atoms with Gasteiger partial charge in [0.2, 0.25) is 6.10 Å². The molecule has 1 aliphatic rings.